The number of nitrogens with one attached hydrogen (secondary N) is 1. The molecule has 2 heterocycles. The molecule has 1 aliphatic rings. The second-order valence-electron chi connectivity index (χ2n) is 4.12. The number of hydrogen-bond acceptors (Lipinski definition) is 3. The Labute approximate surface area is 90.2 Å². The van der Waals surface area contributed by atoms with Gasteiger partial charge >= 0.3 is 0 Å². The van der Waals surface area contributed by atoms with Crippen LogP contribution < -0.4 is 5.73 Å². The van der Waals surface area contributed by atoms with Crippen LogP contribution in [0.3, 0.4) is 0 Å². The van der Waals surface area contributed by atoms with E-state index in [1.165, 1.54) is 5.69 Å². The third kappa shape index (κ3) is 2.38. The fourth-order valence-electron chi connectivity index (χ4n) is 2.07. The Morgan fingerprint density at radius 3 is 2.87 bits per heavy atom. The predicted molar refractivity (Wildman–Crippen MR) is 58.9 cm³/mol. The zero-order valence-corrected chi connectivity index (χ0v) is 9.25. The molecule has 3 N–H and O–H groups in total. The van der Waals surface area contributed by atoms with E-state index in [9.17, 15) is 0 Å². The van der Waals surface area contributed by atoms with Gasteiger partial charge in [0.25, 0.3) is 0 Å². The van der Waals surface area contributed by atoms with Gasteiger partial charge in [-0.25, -0.2) is 4.98 Å². The van der Waals surface area contributed by atoms with Crippen LogP contribution in [0.2, 0.25) is 0 Å². The van der Waals surface area contributed by atoms with Crippen molar-refractivity contribution in [2.24, 2.45) is 5.73 Å². The average Bonchev–Trinajstić information content (AvgIpc) is 2.63. The number of H-pyrrole nitrogens is 1. The highest BCUT2D eigenvalue weighted by molar-refractivity contribution is 5.16. The van der Waals surface area contributed by atoms with Crippen LogP contribution in [0, 0.1) is 6.92 Å². The van der Waals surface area contributed by atoms with Crippen LogP contribution in [0.1, 0.15) is 36.0 Å². The van der Waals surface area contributed by atoms with E-state index in [4.69, 9.17) is 10.5 Å². The van der Waals surface area contributed by atoms with E-state index in [2.05, 4.69) is 16.9 Å². The van der Waals surface area contributed by atoms with E-state index in [0.717, 1.165) is 44.0 Å². The molecule has 0 unspecified atom stereocenters. The minimum atomic E-state index is 0.545. The summed E-state index contributed by atoms with van der Waals surface area (Å²) >= 11 is 0. The van der Waals surface area contributed by atoms with Gasteiger partial charge in [-0.2, -0.15) is 0 Å². The fraction of sp³-hybridized carbons (Fsp3) is 0.727. The van der Waals surface area contributed by atoms with Crippen molar-refractivity contribution in [2.45, 2.75) is 32.1 Å². The summed E-state index contributed by atoms with van der Waals surface area (Å²) in [7, 11) is 0. The van der Waals surface area contributed by atoms with Crippen molar-refractivity contribution in [1.29, 1.82) is 0 Å². The molecule has 0 radical (unpaired) electrons. The molecular weight excluding hydrogens is 190 g/mol. The van der Waals surface area contributed by atoms with Gasteiger partial charge in [-0.05, 0) is 26.3 Å². The first-order valence-electron chi connectivity index (χ1n) is 5.64. The normalized spacial score (nSPS) is 18.3. The predicted octanol–water partition coefficient (Wildman–Crippen LogP) is 1.11. The third-order valence-corrected chi connectivity index (χ3v) is 2.99. The quantitative estimate of drug-likeness (QED) is 0.784. The van der Waals surface area contributed by atoms with Crippen molar-refractivity contribution in [3.05, 3.63) is 17.2 Å². The lowest BCUT2D eigenvalue weighted by atomic mass is 10.00. The van der Waals surface area contributed by atoms with E-state index < -0.39 is 0 Å². The van der Waals surface area contributed by atoms with Crippen LogP contribution in [-0.2, 0) is 11.2 Å². The highest BCUT2D eigenvalue weighted by Gasteiger charge is 2.19. The van der Waals surface area contributed by atoms with E-state index >= 15 is 0 Å². The SMILES string of the molecule is Cc1[nH]c(C2CCOCC2)nc1CCN. The number of rotatable bonds is 3. The molecule has 1 aliphatic heterocycles. The van der Waals surface area contributed by atoms with Crippen molar-refractivity contribution in [3.8, 4) is 0 Å². The molecule has 1 saturated heterocycles. The number of aryl methyl sites for hydroxylation is 1. The van der Waals surface area contributed by atoms with Gasteiger partial charge in [0.15, 0.2) is 0 Å². The summed E-state index contributed by atoms with van der Waals surface area (Å²) in [6.07, 6.45) is 3.02. The van der Waals surface area contributed by atoms with Crippen LogP contribution in [0.4, 0.5) is 0 Å². The van der Waals surface area contributed by atoms with E-state index in [1.807, 2.05) is 0 Å². The Morgan fingerprint density at radius 1 is 1.47 bits per heavy atom. The van der Waals surface area contributed by atoms with Gasteiger partial charge in [-0.3, -0.25) is 0 Å². The van der Waals surface area contributed by atoms with Crippen LogP contribution in [0.25, 0.3) is 0 Å². The van der Waals surface area contributed by atoms with Crippen LogP contribution >= 0.6 is 0 Å². The van der Waals surface area contributed by atoms with Gasteiger partial charge in [-0.15, -0.1) is 0 Å². The Morgan fingerprint density at radius 2 is 2.20 bits per heavy atom. The zero-order chi connectivity index (χ0) is 10.7. The van der Waals surface area contributed by atoms with Crippen molar-refractivity contribution < 1.29 is 4.74 Å². The molecule has 2 rings (SSSR count). The minimum Gasteiger partial charge on any atom is -0.381 e. The smallest absolute Gasteiger partial charge is 0.109 e. The summed E-state index contributed by atoms with van der Waals surface area (Å²) in [6, 6.07) is 0. The number of aromatic amines is 1. The molecule has 0 spiro atoms. The third-order valence-electron chi connectivity index (χ3n) is 2.99. The molecule has 0 aliphatic carbocycles. The molecule has 0 atom stereocenters. The molecule has 1 fully saturated rings. The summed E-state index contributed by atoms with van der Waals surface area (Å²) in [5.74, 6) is 1.67. The second kappa shape index (κ2) is 4.77. The highest BCUT2D eigenvalue weighted by atomic mass is 16.5. The van der Waals surface area contributed by atoms with Gasteiger partial charge in [0, 0.05) is 31.2 Å². The lowest BCUT2D eigenvalue weighted by molar-refractivity contribution is 0.0837. The Bertz CT molecular complexity index is 316. The molecule has 84 valence electrons. The number of nitrogens with zero attached hydrogens (tertiary/aromatic N) is 1. The number of nitrogens with two attached hydrogens (primary N) is 1. The number of hydrogen-bond donors (Lipinski definition) is 2. The Balaban J connectivity index is 2.10. The Kier molecular flexibility index (Phi) is 3.38. The summed E-state index contributed by atoms with van der Waals surface area (Å²) in [4.78, 5) is 8.01. The first-order chi connectivity index (χ1) is 7.31. The number of ether oxygens (including phenoxy) is 1. The zero-order valence-electron chi connectivity index (χ0n) is 9.25. The highest BCUT2D eigenvalue weighted by Crippen LogP contribution is 2.25. The first-order valence-corrected chi connectivity index (χ1v) is 5.64. The molecule has 0 bridgehead atoms. The molecule has 4 heteroatoms. The van der Waals surface area contributed by atoms with Crippen LogP contribution in [0.5, 0.6) is 0 Å². The Hall–Kier alpha value is -0.870. The van der Waals surface area contributed by atoms with Crippen LogP contribution in [0.15, 0.2) is 0 Å². The molecule has 15 heavy (non-hydrogen) atoms. The standard InChI is InChI=1S/C11H19N3O/c1-8-10(2-5-12)14-11(13-8)9-3-6-15-7-4-9/h9H,2-7,12H2,1H3,(H,13,14). The summed E-state index contributed by atoms with van der Waals surface area (Å²) in [5.41, 5.74) is 7.84. The minimum absolute atomic E-state index is 0.545. The van der Waals surface area contributed by atoms with Gasteiger partial charge in [0.1, 0.15) is 5.82 Å². The van der Waals surface area contributed by atoms with Crippen molar-refractivity contribution in [3.63, 3.8) is 0 Å². The molecular formula is C11H19N3O. The molecule has 4 nitrogen and oxygen atoms in total. The van der Waals surface area contributed by atoms with Gasteiger partial charge < -0.3 is 15.5 Å². The summed E-state index contributed by atoms with van der Waals surface area (Å²) < 4.78 is 5.34. The van der Waals surface area contributed by atoms with Crippen molar-refractivity contribution >= 4 is 0 Å². The number of imidazole rings is 1. The lowest BCUT2D eigenvalue weighted by Crippen LogP contribution is -2.15. The summed E-state index contributed by atoms with van der Waals surface area (Å²) in [6.45, 7) is 4.45. The molecule has 0 aromatic carbocycles. The summed E-state index contributed by atoms with van der Waals surface area (Å²) in [5, 5.41) is 0. The van der Waals surface area contributed by atoms with Gasteiger partial charge in [0.05, 0.1) is 5.69 Å². The van der Waals surface area contributed by atoms with E-state index in [-0.39, 0.29) is 0 Å². The second-order valence-corrected chi connectivity index (χ2v) is 4.12. The topological polar surface area (TPSA) is 63.9 Å². The molecule has 0 amide bonds. The first kappa shape index (κ1) is 10.6. The van der Waals surface area contributed by atoms with Crippen molar-refractivity contribution in [1.82, 2.24) is 9.97 Å². The fourth-order valence-corrected chi connectivity index (χ4v) is 2.07. The monoisotopic (exact) mass is 209 g/mol. The van der Waals surface area contributed by atoms with E-state index in [1.54, 1.807) is 0 Å². The largest absolute Gasteiger partial charge is 0.381 e. The maximum atomic E-state index is 5.54. The van der Waals surface area contributed by atoms with E-state index in [0.29, 0.717) is 12.5 Å². The van der Waals surface area contributed by atoms with Gasteiger partial charge in [-0.1, -0.05) is 0 Å². The maximum absolute atomic E-state index is 5.54. The molecule has 1 aromatic heterocycles. The van der Waals surface area contributed by atoms with Crippen molar-refractivity contribution in [2.75, 3.05) is 19.8 Å². The molecule has 0 saturated carbocycles. The lowest BCUT2D eigenvalue weighted by Gasteiger charge is -2.19. The number of aromatic nitrogens is 2. The average molecular weight is 209 g/mol. The maximum Gasteiger partial charge on any atom is 0.109 e. The van der Waals surface area contributed by atoms with Gasteiger partial charge in [0.2, 0.25) is 0 Å². The van der Waals surface area contributed by atoms with Crippen LogP contribution in [-0.4, -0.2) is 29.7 Å². The molecule has 1 aromatic rings.